The van der Waals surface area contributed by atoms with Gasteiger partial charge in [0.1, 0.15) is 0 Å². The summed E-state index contributed by atoms with van der Waals surface area (Å²) < 4.78 is 38.9. The molecule has 4 rings (SSSR count). The molecule has 2 aliphatic heterocycles. The van der Waals surface area contributed by atoms with Gasteiger partial charge in [0.2, 0.25) is 10.0 Å². The van der Waals surface area contributed by atoms with Crippen molar-refractivity contribution in [3.63, 3.8) is 0 Å². The minimum atomic E-state index is -3.64. The first-order valence-electron chi connectivity index (χ1n) is 8.76. The van der Waals surface area contributed by atoms with Crippen molar-refractivity contribution in [1.82, 2.24) is 4.31 Å². The van der Waals surface area contributed by atoms with E-state index in [0.717, 1.165) is 12.0 Å². The topological polar surface area (TPSA) is 81.9 Å². The Kier molecular flexibility index (Phi) is 5.95. The number of ether oxygens (including phenoxy) is 2. The van der Waals surface area contributed by atoms with E-state index < -0.39 is 10.0 Å². The van der Waals surface area contributed by atoms with Crippen LogP contribution < -0.4 is 15.2 Å². The number of sulfonamides is 1. The Labute approximate surface area is 165 Å². The lowest BCUT2D eigenvalue weighted by Gasteiger charge is -2.17. The predicted molar refractivity (Wildman–Crippen MR) is 105 cm³/mol. The van der Waals surface area contributed by atoms with Crippen molar-refractivity contribution >= 4 is 22.4 Å². The largest absolute Gasteiger partial charge is 0.490 e. The van der Waals surface area contributed by atoms with Crippen LogP contribution in [0.2, 0.25) is 0 Å². The molecule has 1 fully saturated rings. The number of hydrogen-bond acceptors (Lipinski definition) is 5. The smallest absolute Gasteiger partial charge is 0.243 e. The highest BCUT2D eigenvalue weighted by Crippen LogP contribution is 2.35. The Morgan fingerprint density at radius 2 is 1.67 bits per heavy atom. The number of nitrogens with two attached hydrogens (primary N) is 1. The number of halogens is 1. The summed E-state index contributed by atoms with van der Waals surface area (Å²) in [5, 5.41) is 0. The zero-order valence-corrected chi connectivity index (χ0v) is 16.4. The van der Waals surface area contributed by atoms with Crippen molar-refractivity contribution < 1.29 is 17.9 Å². The highest BCUT2D eigenvalue weighted by atomic mass is 35.5. The maximum absolute atomic E-state index is 13.1. The monoisotopic (exact) mass is 410 g/mol. The fraction of sp³-hybridized carbons (Fsp3) is 0.368. The SMILES string of the molecule is Cl.N[C@@H]1CN(S(=O)(=O)c2ccc3c(c2)OCCCO3)C[C@H]1c1ccccc1. The average Bonchev–Trinajstić information content (AvgIpc) is 2.90. The zero-order valence-electron chi connectivity index (χ0n) is 14.8. The number of nitrogens with zero attached hydrogens (tertiary/aromatic N) is 1. The molecule has 2 heterocycles. The summed E-state index contributed by atoms with van der Waals surface area (Å²) in [5.74, 6) is 1.06. The molecule has 0 bridgehead atoms. The minimum absolute atomic E-state index is 0. The molecule has 0 spiro atoms. The summed E-state index contributed by atoms with van der Waals surface area (Å²) in [4.78, 5) is 0.211. The van der Waals surface area contributed by atoms with Crippen LogP contribution in [0.15, 0.2) is 53.4 Å². The van der Waals surface area contributed by atoms with E-state index in [4.69, 9.17) is 15.2 Å². The Morgan fingerprint density at radius 1 is 0.963 bits per heavy atom. The van der Waals surface area contributed by atoms with Crippen molar-refractivity contribution in [2.45, 2.75) is 23.3 Å². The maximum atomic E-state index is 13.1. The first-order valence-corrected chi connectivity index (χ1v) is 10.2. The van der Waals surface area contributed by atoms with Gasteiger partial charge in [0.05, 0.1) is 18.1 Å². The summed E-state index contributed by atoms with van der Waals surface area (Å²) in [6, 6.07) is 14.4. The fourth-order valence-electron chi connectivity index (χ4n) is 3.49. The Morgan fingerprint density at radius 3 is 2.41 bits per heavy atom. The van der Waals surface area contributed by atoms with Crippen LogP contribution in [0.25, 0.3) is 0 Å². The molecule has 146 valence electrons. The van der Waals surface area contributed by atoms with Crippen molar-refractivity contribution in [3.8, 4) is 11.5 Å². The molecule has 2 atom stereocenters. The predicted octanol–water partition coefficient (Wildman–Crippen LogP) is 2.39. The molecule has 0 amide bonds. The van der Waals surface area contributed by atoms with Crippen LogP contribution in [0.5, 0.6) is 11.5 Å². The van der Waals surface area contributed by atoms with Crippen LogP contribution in [0.4, 0.5) is 0 Å². The first kappa shape index (κ1) is 19.9. The van der Waals surface area contributed by atoms with Gasteiger partial charge < -0.3 is 15.2 Å². The van der Waals surface area contributed by atoms with Crippen LogP contribution in [0.3, 0.4) is 0 Å². The van der Waals surface area contributed by atoms with Gasteiger partial charge in [-0.05, 0) is 17.7 Å². The van der Waals surface area contributed by atoms with Gasteiger partial charge in [0, 0.05) is 37.5 Å². The lowest BCUT2D eigenvalue weighted by molar-refractivity contribution is 0.297. The second-order valence-electron chi connectivity index (χ2n) is 6.66. The lowest BCUT2D eigenvalue weighted by Crippen LogP contribution is -2.32. The Balaban J connectivity index is 0.00000210. The molecule has 2 aliphatic rings. The summed E-state index contributed by atoms with van der Waals surface area (Å²) >= 11 is 0. The van der Waals surface area contributed by atoms with Crippen molar-refractivity contribution in [1.29, 1.82) is 0 Å². The number of hydrogen-bond donors (Lipinski definition) is 1. The quantitative estimate of drug-likeness (QED) is 0.840. The van der Waals surface area contributed by atoms with E-state index in [0.29, 0.717) is 37.8 Å². The van der Waals surface area contributed by atoms with Gasteiger partial charge >= 0.3 is 0 Å². The van der Waals surface area contributed by atoms with Gasteiger partial charge in [0.25, 0.3) is 0 Å². The molecule has 1 saturated heterocycles. The van der Waals surface area contributed by atoms with Gasteiger partial charge in [-0.2, -0.15) is 4.31 Å². The number of fused-ring (bicyclic) bond motifs is 1. The second-order valence-corrected chi connectivity index (χ2v) is 8.60. The van der Waals surface area contributed by atoms with E-state index in [1.807, 2.05) is 30.3 Å². The molecule has 6 nitrogen and oxygen atoms in total. The van der Waals surface area contributed by atoms with Crippen LogP contribution >= 0.6 is 12.4 Å². The summed E-state index contributed by atoms with van der Waals surface area (Å²) in [6.45, 7) is 1.76. The molecular formula is C19H23ClN2O4S. The summed E-state index contributed by atoms with van der Waals surface area (Å²) in [6.07, 6.45) is 0.774. The first-order chi connectivity index (χ1) is 12.6. The van der Waals surface area contributed by atoms with Gasteiger partial charge in [-0.1, -0.05) is 30.3 Å². The molecule has 0 aliphatic carbocycles. The standard InChI is InChI=1S/C19H22N2O4S.ClH/c20-17-13-21(12-16(17)14-5-2-1-3-6-14)26(22,23)15-7-8-18-19(11-15)25-10-4-9-24-18;/h1-3,5-8,11,16-17H,4,9-10,12-13,20H2;1H/t16-,17+;/m0./s1. The van der Waals surface area contributed by atoms with E-state index >= 15 is 0 Å². The number of rotatable bonds is 3. The normalized spacial score (nSPS) is 22.7. The third-order valence-corrected chi connectivity index (χ3v) is 6.74. The summed E-state index contributed by atoms with van der Waals surface area (Å²) in [7, 11) is -3.64. The molecule has 0 radical (unpaired) electrons. The van der Waals surface area contributed by atoms with Crippen molar-refractivity contribution in [2.24, 2.45) is 5.73 Å². The van der Waals surface area contributed by atoms with E-state index in [1.165, 1.54) is 4.31 Å². The van der Waals surface area contributed by atoms with E-state index in [-0.39, 0.29) is 29.3 Å². The molecule has 8 heteroatoms. The summed E-state index contributed by atoms with van der Waals surface area (Å²) in [5.41, 5.74) is 7.32. The molecule has 27 heavy (non-hydrogen) atoms. The molecule has 0 unspecified atom stereocenters. The third kappa shape index (κ3) is 3.91. The molecule has 2 aromatic carbocycles. The Hall–Kier alpha value is -1.80. The minimum Gasteiger partial charge on any atom is -0.490 e. The van der Waals surface area contributed by atoms with E-state index in [2.05, 4.69) is 0 Å². The van der Waals surface area contributed by atoms with Crippen LogP contribution in [-0.2, 0) is 10.0 Å². The van der Waals surface area contributed by atoms with E-state index in [9.17, 15) is 8.42 Å². The molecule has 0 saturated carbocycles. The maximum Gasteiger partial charge on any atom is 0.243 e. The second kappa shape index (κ2) is 8.06. The van der Waals surface area contributed by atoms with Gasteiger partial charge in [-0.25, -0.2) is 8.42 Å². The molecular weight excluding hydrogens is 388 g/mol. The van der Waals surface area contributed by atoms with Crippen molar-refractivity contribution in [2.75, 3.05) is 26.3 Å². The lowest BCUT2D eigenvalue weighted by atomic mass is 9.95. The van der Waals surface area contributed by atoms with Crippen molar-refractivity contribution in [3.05, 3.63) is 54.1 Å². The molecule has 2 aromatic rings. The van der Waals surface area contributed by atoms with Gasteiger partial charge in [-0.3, -0.25) is 0 Å². The zero-order chi connectivity index (χ0) is 18.1. The van der Waals surface area contributed by atoms with Crippen LogP contribution in [-0.4, -0.2) is 45.1 Å². The number of benzene rings is 2. The van der Waals surface area contributed by atoms with Crippen LogP contribution in [0, 0.1) is 0 Å². The molecule has 2 N–H and O–H groups in total. The average molecular weight is 411 g/mol. The van der Waals surface area contributed by atoms with Gasteiger partial charge in [-0.15, -0.1) is 12.4 Å². The van der Waals surface area contributed by atoms with Crippen LogP contribution in [0.1, 0.15) is 17.9 Å². The third-order valence-electron chi connectivity index (χ3n) is 4.92. The highest BCUT2D eigenvalue weighted by molar-refractivity contribution is 7.89. The fourth-order valence-corrected chi connectivity index (χ4v) is 5.01. The van der Waals surface area contributed by atoms with E-state index in [1.54, 1.807) is 18.2 Å². The molecule has 0 aromatic heterocycles. The highest BCUT2D eigenvalue weighted by Gasteiger charge is 2.38. The Bertz CT molecular complexity index is 892. The van der Waals surface area contributed by atoms with Gasteiger partial charge in [0.15, 0.2) is 11.5 Å².